The molecule has 0 aliphatic heterocycles. The number of nitrogens with two attached hydrogens (primary N) is 1. The Bertz CT molecular complexity index is 416. The molecule has 0 fully saturated rings. The van der Waals surface area contributed by atoms with Crippen molar-refractivity contribution in [3.05, 3.63) is 27.7 Å². The lowest BCUT2D eigenvalue weighted by Crippen LogP contribution is -2.33. The third-order valence-electron chi connectivity index (χ3n) is 2.69. The molecule has 0 bridgehead atoms. The van der Waals surface area contributed by atoms with Gasteiger partial charge >= 0.3 is 0 Å². The SMILES string of the molecule is N[C@@H]1CCc2nn(CCF)c(=O)cc2C1. The predicted octanol–water partition coefficient (Wildman–Crippen LogP) is 0.0288. The predicted molar refractivity (Wildman–Crippen MR) is 54.5 cm³/mol. The zero-order valence-corrected chi connectivity index (χ0v) is 8.45. The minimum Gasteiger partial charge on any atom is -0.327 e. The van der Waals surface area contributed by atoms with Crippen LogP contribution in [-0.2, 0) is 19.4 Å². The highest BCUT2D eigenvalue weighted by atomic mass is 19.1. The summed E-state index contributed by atoms with van der Waals surface area (Å²) in [6.45, 7) is -0.524. The lowest BCUT2D eigenvalue weighted by atomic mass is 9.93. The first-order valence-electron chi connectivity index (χ1n) is 5.12. The number of fused-ring (bicyclic) bond motifs is 1. The average Bonchev–Trinajstić information content (AvgIpc) is 2.20. The molecular weight excluding hydrogens is 197 g/mol. The molecule has 0 radical (unpaired) electrons. The van der Waals surface area contributed by atoms with Gasteiger partial charge in [-0.2, -0.15) is 5.10 Å². The van der Waals surface area contributed by atoms with Crippen molar-refractivity contribution in [1.82, 2.24) is 9.78 Å². The molecule has 2 rings (SSSR count). The number of hydrogen-bond donors (Lipinski definition) is 1. The van der Waals surface area contributed by atoms with E-state index in [1.54, 1.807) is 0 Å². The monoisotopic (exact) mass is 211 g/mol. The zero-order valence-electron chi connectivity index (χ0n) is 8.45. The van der Waals surface area contributed by atoms with Crippen molar-refractivity contribution in [3.8, 4) is 0 Å². The standard InChI is InChI=1S/C10H14FN3O/c11-3-4-14-10(15)6-7-5-8(12)1-2-9(7)13-14/h6,8H,1-5,12H2/t8-/m1/s1. The molecule has 1 heterocycles. The molecule has 5 heteroatoms. The van der Waals surface area contributed by atoms with Crippen LogP contribution in [0.5, 0.6) is 0 Å². The van der Waals surface area contributed by atoms with E-state index < -0.39 is 6.67 Å². The van der Waals surface area contributed by atoms with Gasteiger partial charge in [-0.25, -0.2) is 9.07 Å². The first kappa shape index (κ1) is 10.3. The molecule has 2 N–H and O–H groups in total. The number of rotatable bonds is 2. The van der Waals surface area contributed by atoms with E-state index in [-0.39, 0.29) is 18.1 Å². The molecule has 15 heavy (non-hydrogen) atoms. The number of aromatic nitrogens is 2. The van der Waals surface area contributed by atoms with Gasteiger partial charge in [0.2, 0.25) is 0 Å². The highest BCUT2D eigenvalue weighted by Crippen LogP contribution is 2.16. The summed E-state index contributed by atoms with van der Waals surface area (Å²) in [4.78, 5) is 11.5. The fraction of sp³-hybridized carbons (Fsp3) is 0.600. The summed E-state index contributed by atoms with van der Waals surface area (Å²) >= 11 is 0. The van der Waals surface area contributed by atoms with Crippen LogP contribution in [0.3, 0.4) is 0 Å². The van der Waals surface area contributed by atoms with E-state index in [2.05, 4.69) is 5.10 Å². The van der Waals surface area contributed by atoms with Gasteiger partial charge in [0, 0.05) is 12.1 Å². The topological polar surface area (TPSA) is 60.9 Å². The van der Waals surface area contributed by atoms with Crippen molar-refractivity contribution >= 4 is 0 Å². The molecule has 0 aromatic carbocycles. The third-order valence-corrected chi connectivity index (χ3v) is 2.69. The van der Waals surface area contributed by atoms with Crippen LogP contribution in [0.4, 0.5) is 4.39 Å². The van der Waals surface area contributed by atoms with Crippen LogP contribution in [0, 0.1) is 0 Å². The van der Waals surface area contributed by atoms with E-state index in [4.69, 9.17) is 5.73 Å². The number of nitrogens with zero attached hydrogens (tertiary/aromatic N) is 2. The molecule has 0 unspecified atom stereocenters. The van der Waals surface area contributed by atoms with Gasteiger partial charge in [-0.15, -0.1) is 0 Å². The van der Waals surface area contributed by atoms with Gasteiger partial charge in [0.25, 0.3) is 5.56 Å². The Labute approximate surface area is 86.9 Å². The van der Waals surface area contributed by atoms with Crippen LogP contribution >= 0.6 is 0 Å². The van der Waals surface area contributed by atoms with E-state index in [9.17, 15) is 9.18 Å². The second kappa shape index (κ2) is 4.10. The normalized spacial score (nSPS) is 20.0. The van der Waals surface area contributed by atoms with Crippen LogP contribution in [0.25, 0.3) is 0 Å². The van der Waals surface area contributed by atoms with Crippen molar-refractivity contribution in [1.29, 1.82) is 0 Å². The minimum absolute atomic E-state index is 0.0398. The van der Waals surface area contributed by atoms with E-state index in [0.717, 1.165) is 24.1 Å². The molecule has 1 atom stereocenters. The molecule has 0 amide bonds. The number of aryl methyl sites for hydroxylation is 2. The summed E-state index contributed by atoms with van der Waals surface area (Å²) in [5.41, 5.74) is 7.38. The summed E-state index contributed by atoms with van der Waals surface area (Å²) in [5.74, 6) is 0. The van der Waals surface area contributed by atoms with Crippen molar-refractivity contribution < 1.29 is 4.39 Å². The Morgan fingerprint density at radius 1 is 1.67 bits per heavy atom. The molecule has 0 saturated carbocycles. The number of halogens is 1. The lowest BCUT2D eigenvalue weighted by molar-refractivity contribution is 0.409. The van der Waals surface area contributed by atoms with Crippen LogP contribution in [-0.4, -0.2) is 22.5 Å². The Hall–Kier alpha value is -1.23. The average molecular weight is 211 g/mol. The van der Waals surface area contributed by atoms with Crippen LogP contribution in [0.2, 0.25) is 0 Å². The summed E-state index contributed by atoms with van der Waals surface area (Å²) in [7, 11) is 0. The minimum atomic E-state index is -0.564. The van der Waals surface area contributed by atoms with E-state index >= 15 is 0 Å². The number of alkyl halides is 1. The summed E-state index contributed by atoms with van der Waals surface area (Å²) in [6, 6.07) is 1.66. The van der Waals surface area contributed by atoms with E-state index in [0.29, 0.717) is 6.42 Å². The van der Waals surface area contributed by atoms with Crippen LogP contribution in [0.1, 0.15) is 17.7 Å². The van der Waals surface area contributed by atoms with Gasteiger partial charge in [0.1, 0.15) is 6.67 Å². The Morgan fingerprint density at radius 2 is 2.47 bits per heavy atom. The zero-order chi connectivity index (χ0) is 10.8. The molecule has 1 aliphatic carbocycles. The lowest BCUT2D eigenvalue weighted by Gasteiger charge is -2.20. The van der Waals surface area contributed by atoms with Gasteiger partial charge < -0.3 is 5.73 Å². The molecule has 1 aromatic heterocycles. The van der Waals surface area contributed by atoms with Gasteiger partial charge in [-0.05, 0) is 24.8 Å². The van der Waals surface area contributed by atoms with Gasteiger partial charge in [0.15, 0.2) is 0 Å². The maximum absolute atomic E-state index is 12.1. The highest BCUT2D eigenvalue weighted by Gasteiger charge is 2.18. The second-order valence-corrected chi connectivity index (χ2v) is 3.87. The molecular formula is C10H14FN3O. The summed E-state index contributed by atoms with van der Waals surface area (Å²) in [5, 5.41) is 4.15. The van der Waals surface area contributed by atoms with Crippen LogP contribution in [0.15, 0.2) is 10.9 Å². The Kier molecular flexibility index (Phi) is 2.81. The maximum Gasteiger partial charge on any atom is 0.267 e. The molecule has 82 valence electrons. The van der Waals surface area contributed by atoms with Crippen molar-refractivity contribution in [3.63, 3.8) is 0 Å². The fourth-order valence-corrected chi connectivity index (χ4v) is 1.90. The number of hydrogen-bond acceptors (Lipinski definition) is 3. The molecule has 1 aliphatic rings. The first-order chi connectivity index (χ1) is 7.20. The second-order valence-electron chi connectivity index (χ2n) is 3.87. The third kappa shape index (κ3) is 2.07. The Balaban J connectivity index is 2.37. The van der Waals surface area contributed by atoms with Crippen molar-refractivity contribution in [2.75, 3.05) is 6.67 Å². The molecule has 0 saturated heterocycles. The quantitative estimate of drug-likeness (QED) is 0.750. The van der Waals surface area contributed by atoms with Crippen LogP contribution < -0.4 is 11.3 Å². The summed E-state index contributed by atoms with van der Waals surface area (Å²) < 4.78 is 13.3. The molecule has 4 nitrogen and oxygen atoms in total. The van der Waals surface area contributed by atoms with E-state index in [1.165, 1.54) is 10.7 Å². The fourth-order valence-electron chi connectivity index (χ4n) is 1.90. The maximum atomic E-state index is 12.1. The Morgan fingerprint density at radius 3 is 3.20 bits per heavy atom. The van der Waals surface area contributed by atoms with Gasteiger partial charge in [0.05, 0.1) is 12.2 Å². The summed E-state index contributed by atoms with van der Waals surface area (Å²) in [6.07, 6.45) is 2.37. The molecule has 0 spiro atoms. The molecule has 1 aromatic rings. The first-order valence-corrected chi connectivity index (χ1v) is 5.12. The highest BCUT2D eigenvalue weighted by molar-refractivity contribution is 5.22. The van der Waals surface area contributed by atoms with Gasteiger partial charge in [-0.1, -0.05) is 0 Å². The smallest absolute Gasteiger partial charge is 0.267 e. The largest absolute Gasteiger partial charge is 0.327 e. The van der Waals surface area contributed by atoms with E-state index in [1.807, 2.05) is 0 Å². The van der Waals surface area contributed by atoms with Crippen molar-refractivity contribution in [2.45, 2.75) is 31.8 Å². The van der Waals surface area contributed by atoms with Crippen molar-refractivity contribution in [2.24, 2.45) is 5.73 Å². The van der Waals surface area contributed by atoms with Gasteiger partial charge in [-0.3, -0.25) is 4.79 Å².